The van der Waals surface area contributed by atoms with Crippen LogP contribution in [0.4, 0.5) is 0 Å². The molecular formula is C26H26N4O4S. The molecule has 0 spiro atoms. The smallest absolute Gasteiger partial charge is 0.194 e. The van der Waals surface area contributed by atoms with Crippen molar-refractivity contribution < 1.29 is 19.4 Å². The van der Waals surface area contributed by atoms with Crippen molar-refractivity contribution in [2.75, 3.05) is 7.11 Å². The largest absolute Gasteiger partial charge is 0.504 e. The first kappa shape index (κ1) is 24.4. The average molecular weight is 491 g/mol. The first-order valence-electron chi connectivity index (χ1n) is 11.1. The minimum atomic E-state index is -0.722. The summed E-state index contributed by atoms with van der Waals surface area (Å²) in [5, 5.41) is 16.0. The standard InChI is InChI=1S/C26H26N4O4S/c1-3-22-24(18-10-11-21(34-2)20(32)13-18)29-30(23(15-31)35-22)26(27)17-8-6-16(7-9-17)25(33)19-5-4-12-28-14-19/h4-15,22-23,26,32H,3,27H2,1-2H3. The lowest BCUT2D eigenvalue weighted by Crippen LogP contribution is -2.44. The van der Waals surface area contributed by atoms with Crippen molar-refractivity contribution >= 4 is 29.5 Å². The predicted molar refractivity (Wildman–Crippen MR) is 136 cm³/mol. The minimum Gasteiger partial charge on any atom is -0.504 e. The monoisotopic (exact) mass is 490 g/mol. The Kier molecular flexibility index (Phi) is 7.48. The Morgan fingerprint density at radius 1 is 1.23 bits per heavy atom. The van der Waals surface area contributed by atoms with Crippen LogP contribution in [0.15, 0.2) is 72.1 Å². The van der Waals surface area contributed by atoms with Gasteiger partial charge in [-0.05, 0) is 42.3 Å². The van der Waals surface area contributed by atoms with Gasteiger partial charge in [-0.25, -0.2) is 0 Å². The van der Waals surface area contributed by atoms with Crippen molar-refractivity contribution in [3.63, 3.8) is 0 Å². The number of thioether (sulfide) groups is 1. The van der Waals surface area contributed by atoms with Crippen molar-refractivity contribution in [1.29, 1.82) is 0 Å². The van der Waals surface area contributed by atoms with Gasteiger partial charge in [-0.3, -0.25) is 14.8 Å². The van der Waals surface area contributed by atoms with Crippen LogP contribution in [0.25, 0.3) is 0 Å². The summed E-state index contributed by atoms with van der Waals surface area (Å²) >= 11 is 1.46. The maximum absolute atomic E-state index is 12.7. The number of hydrogen-bond acceptors (Lipinski definition) is 9. The van der Waals surface area contributed by atoms with E-state index in [1.807, 2.05) is 13.0 Å². The van der Waals surface area contributed by atoms with Gasteiger partial charge in [0.05, 0.1) is 18.1 Å². The summed E-state index contributed by atoms with van der Waals surface area (Å²) < 4.78 is 5.15. The molecule has 0 bridgehead atoms. The molecule has 35 heavy (non-hydrogen) atoms. The number of aldehydes is 1. The topological polar surface area (TPSA) is 118 Å². The number of nitrogens with zero attached hydrogens (tertiary/aromatic N) is 3. The highest BCUT2D eigenvalue weighted by Crippen LogP contribution is 2.36. The van der Waals surface area contributed by atoms with E-state index in [-0.39, 0.29) is 16.8 Å². The molecule has 0 amide bonds. The van der Waals surface area contributed by atoms with Crippen LogP contribution in [0.2, 0.25) is 0 Å². The molecule has 3 aromatic rings. The van der Waals surface area contributed by atoms with E-state index < -0.39 is 11.5 Å². The number of rotatable bonds is 8. The number of hydrogen-bond donors (Lipinski definition) is 2. The number of aromatic nitrogens is 1. The number of nitrogens with two attached hydrogens (primary N) is 1. The first-order valence-corrected chi connectivity index (χ1v) is 12.1. The maximum atomic E-state index is 12.7. The van der Waals surface area contributed by atoms with Gasteiger partial charge >= 0.3 is 0 Å². The fourth-order valence-electron chi connectivity index (χ4n) is 3.89. The Morgan fingerprint density at radius 3 is 2.60 bits per heavy atom. The van der Waals surface area contributed by atoms with Crippen LogP contribution in [0, 0.1) is 0 Å². The molecule has 1 aliphatic rings. The van der Waals surface area contributed by atoms with Gasteiger partial charge in [0, 0.05) is 29.1 Å². The number of phenols is 1. The number of ketones is 1. The molecule has 3 unspecified atom stereocenters. The second-order valence-electron chi connectivity index (χ2n) is 7.95. The zero-order valence-corrected chi connectivity index (χ0v) is 20.2. The third kappa shape index (κ3) is 5.06. The molecule has 2 aromatic carbocycles. The van der Waals surface area contributed by atoms with Gasteiger partial charge in [0.2, 0.25) is 0 Å². The molecule has 9 heteroatoms. The van der Waals surface area contributed by atoms with E-state index in [2.05, 4.69) is 4.98 Å². The van der Waals surface area contributed by atoms with Crippen LogP contribution in [0.3, 0.4) is 0 Å². The van der Waals surface area contributed by atoms with Gasteiger partial charge in [-0.1, -0.05) is 31.2 Å². The molecule has 4 rings (SSSR count). The van der Waals surface area contributed by atoms with Gasteiger partial charge < -0.3 is 20.4 Å². The molecule has 1 aromatic heterocycles. The number of ether oxygens (including phenoxy) is 1. The minimum absolute atomic E-state index is 0.00906. The summed E-state index contributed by atoms with van der Waals surface area (Å²) in [7, 11) is 1.49. The second kappa shape index (κ2) is 10.7. The fraction of sp³-hybridized carbons (Fsp3) is 0.231. The molecule has 0 saturated carbocycles. The molecule has 0 saturated heterocycles. The molecule has 3 N–H and O–H groups in total. The molecule has 0 aliphatic carbocycles. The predicted octanol–water partition coefficient (Wildman–Crippen LogP) is 3.74. The van der Waals surface area contributed by atoms with E-state index in [0.717, 1.165) is 18.3 Å². The van der Waals surface area contributed by atoms with Gasteiger partial charge in [0.1, 0.15) is 6.17 Å². The zero-order chi connectivity index (χ0) is 24.9. The Labute approximate surface area is 207 Å². The third-order valence-electron chi connectivity index (χ3n) is 5.78. The number of benzene rings is 2. The number of carbonyl (C=O) groups excluding carboxylic acids is 2. The number of methoxy groups -OCH3 is 1. The lowest BCUT2D eigenvalue weighted by atomic mass is 10.0. The normalized spacial score (nSPS) is 18.5. The highest BCUT2D eigenvalue weighted by atomic mass is 32.2. The van der Waals surface area contributed by atoms with E-state index in [4.69, 9.17) is 15.6 Å². The lowest BCUT2D eigenvalue weighted by molar-refractivity contribution is -0.110. The van der Waals surface area contributed by atoms with Crippen LogP contribution in [0.1, 0.15) is 46.6 Å². The summed E-state index contributed by atoms with van der Waals surface area (Å²) in [4.78, 5) is 28.6. The summed E-state index contributed by atoms with van der Waals surface area (Å²) in [5.74, 6) is 0.240. The lowest BCUT2D eigenvalue weighted by Gasteiger charge is -2.38. The van der Waals surface area contributed by atoms with E-state index in [1.165, 1.54) is 25.1 Å². The van der Waals surface area contributed by atoms with E-state index in [1.54, 1.807) is 59.7 Å². The molecule has 180 valence electrons. The van der Waals surface area contributed by atoms with Gasteiger partial charge in [0.25, 0.3) is 0 Å². The maximum Gasteiger partial charge on any atom is 0.194 e. The van der Waals surface area contributed by atoms with Crippen LogP contribution in [-0.4, -0.2) is 50.6 Å². The highest BCUT2D eigenvalue weighted by Gasteiger charge is 2.34. The number of aromatic hydroxyl groups is 1. The number of phenolic OH excluding ortho intramolecular Hbond substituents is 1. The molecule has 0 fully saturated rings. The Morgan fingerprint density at radius 2 is 2.00 bits per heavy atom. The van der Waals surface area contributed by atoms with Crippen molar-refractivity contribution in [2.45, 2.75) is 30.1 Å². The second-order valence-corrected chi connectivity index (χ2v) is 9.27. The van der Waals surface area contributed by atoms with E-state index >= 15 is 0 Å². The highest BCUT2D eigenvalue weighted by molar-refractivity contribution is 8.01. The molecule has 1 aliphatic heterocycles. The summed E-state index contributed by atoms with van der Waals surface area (Å²) in [6.07, 6.45) is 4.00. The molecule has 8 nitrogen and oxygen atoms in total. The van der Waals surface area contributed by atoms with Crippen LogP contribution >= 0.6 is 11.8 Å². The van der Waals surface area contributed by atoms with Crippen LogP contribution in [-0.2, 0) is 4.79 Å². The van der Waals surface area contributed by atoms with E-state index in [9.17, 15) is 14.7 Å². The summed E-state index contributed by atoms with van der Waals surface area (Å²) in [6, 6.07) is 15.5. The number of pyridine rings is 1. The Hall–Kier alpha value is -3.69. The molecular weight excluding hydrogens is 464 g/mol. The summed E-state index contributed by atoms with van der Waals surface area (Å²) in [5.41, 5.74) is 9.71. The van der Waals surface area contributed by atoms with Crippen molar-refractivity contribution in [1.82, 2.24) is 9.99 Å². The van der Waals surface area contributed by atoms with Crippen LogP contribution < -0.4 is 10.5 Å². The molecule has 2 heterocycles. The van der Waals surface area contributed by atoms with Crippen LogP contribution in [0.5, 0.6) is 11.5 Å². The van der Waals surface area contributed by atoms with Gasteiger partial charge in [-0.15, -0.1) is 11.8 Å². The first-order chi connectivity index (χ1) is 17.0. The quantitative estimate of drug-likeness (QED) is 0.362. The number of carbonyl (C=O) groups is 2. The molecule has 0 radical (unpaired) electrons. The molecule has 3 atom stereocenters. The number of hydrazone groups is 1. The SMILES string of the molecule is CCC1SC(C=O)N(C(N)c2ccc(C(=O)c3cccnc3)cc2)N=C1c1ccc(OC)c(O)c1. The summed E-state index contributed by atoms with van der Waals surface area (Å²) in [6.45, 7) is 2.02. The van der Waals surface area contributed by atoms with Crippen molar-refractivity contribution in [3.05, 3.63) is 89.2 Å². The Bertz CT molecular complexity index is 1230. The van der Waals surface area contributed by atoms with Crippen molar-refractivity contribution in [3.8, 4) is 11.5 Å². The van der Waals surface area contributed by atoms with E-state index in [0.29, 0.717) is 28.2 Å². The third-order valence-corrected chi connectivity index (χ3v) is 7.27. The Balaban J connectivity index is 1.64. The van der Waals surface area contributed by atoms with Crippen molar-refractivity contribution in [2.24, 2.45) is 10.8 Å². The average Bonchev–Trinajstić information content (AvgIpc) is 2.92. The van der Waals surface area contributed by atoms with Gasteiger partial charge in [-0.2, -0.15) is 5.10 Å². The fourth-order valence-corrected chi connectivity index (χ4v) is 5.09. The zero-order valence-electron chi connectivity index (χ0n) is 19.4. The van der Waals surface area contributed by atoms with Gasteiger partial charge in [0.15, 0.2) is 28.9 Å².